The van der Waals surface area contributed by atoms with Gasteiger partial charge in [-0.15, -0.1) is 0 Å². The lowest BCUT2D eigenvalue weighted by atomic mass is 10.1. The normalized spacial score (nSPS) is 17.7. The summed E-state index contributed by atoms with van der Waals surface area (Å²) in [6.07, 6.45) is -0.251. The van der Waals surface area contributed by atoms with Crippen LogP contribution in [0.15, 0.2) is 59.5 Å². The number of carbonyl (C=O) groups excluding carboxylic acids is 1. The number of hydrogen-bond donors (Lipinski definition) is 1. The van der Waals surface area contributed by atoms with Crippen LogP contribution in [0.2, 0.25) is 0 Å². The zero-order valence-corrected chi connectivity index (χ0v) is 14.0. The fraction of sp³-hybridized carbons (Fsp3) is 0.235. The van der Waals surface area contributed by atoms with Gasteiger partial charge in [-0.2, -0.15) is 0 Å². The van der Waals surface area contributed by atoms with Gasteiger partial charge in [0.25, 0.3) is 10.0 Å². The zero-order valence-electron chi connectivity index (χ0n) is 13.2. The summed E-state index contributed by atoms with van der Waals surface area (Å²) in [5.41, 5.74) is 1.90. The van der Waals surface area contributed by atoms with Crippen LogP contribution in [0.5, 0.6) is 0 Å². The molecule has 0 spiro atoms. The number of nitrogens with one attached hydrogen (secondary N) is 1. The predicted octanol–water partition coefficient (Wildman–Crippen LogP) is 2.42. The number of amides is 2. The first-order valence-corrected chi connectivity index (χ1v) is 8.99. The molecular formula is C17H18N2O4S. The van der Waals surface area contributed by atoms with Crippen molar-refractivity contribution in [2.75, 3.05) is 13.3 Å². The maximum atomic E-state index is 12.3. The molecule has 126 valence electrons. The molecule has 1 fully saturated rings. The van der Waals surface area contributed by atoms with Gasteiger partial charge in [0.05, 0.1) is 11.4 Å². The lowest BCUT2D eigenvalue weighted by Gasteiger charge is -2.15. The van der Waals surface area contributed by atoms with Gasteiger partial charge in [0.15, 0.2) is 0 Å². The third kappa shape index (κ3) is 3.58. The highest BCUT2D eigenvalue weighted by Gasteiger charge is 2.30. The molecule has 1 aliphatic heterocycles. The summed E-state index contributed by atoms with van der Waals surface area (Å²) < 4.78 is 32.2. The Morgan fingerprint density at radius 2 is 1.79 bits per heavy atom. The maximum absolute atomic E-state index is 12.3. The molecule has 1 atom stereocenters. The Hall–Kier alpha value is -2.38. The molecule has 2 amide bonds. The highest BCUT2D eigenvalue weighted by molar-refractivity contribution is 7.90. The van der Waals surface area contributed by atoms with Crippen LogP contribution in [-0.4, -0.2) is 32.6 Å². The molecule has 1 aliphatic rings. The highest BCUT2D eigenvalue weighted by atomic mass is 32.2. The lowest BCUT2D eigenvalue weighted by molar-refractivity contribution is 0.0960. The van der Waals surface area contributed by atoms with Crippen LogP contribution in [0, 0.1) is 6.92 Å². The molecule has 1 N–H and O–H groups in total. The first-order chi connectivity index (χ1) is 11.5. The smallest absolute Gasteiger partial charge is 0.333 e. The van der Waals surface area contributed by atoms with Crippen molar-refractivity contribution in [3.63, 3.8) is 0 Å². The van der Waals surface area contributed by atoms with Crippen LogP contribution in [0.25, 0.3) is 0 Å². The summed E-state index contributed by atoms with van der Waals surface area (Å²) in [5.74, 6) is 0. The highest BCUT2D eigenvalue weighted by Crippen LogP contribution is 2.24. The van der Waals surface area contributed by atoms with E-state index < -0.39 is 16.1 Å². The lowest BCUT2D eigenvalue weighted by Crippen LogP contribution is -2.41. The molecule has 0 saturated carbocycles. The fourth-order valence-corrected chi connectivity index (χ4v) is 3.42. The van der Waals surface area contributed by atoms with Gasteiger partial charge in [0, 0.05) is 0 Å². The van der Waals surface area contributed by atoms with E-state index in [0.29, 0.717) is 6.54 Å². The third-order valence-corrected chi connectivity index (χ3v) is 5.17. The van der Waals surface area contributed by atoms with Gasteiger partial charge < -0.3 is 4.74 Å². The molecule has 1 unspecified atom stereocenters. The van der Waals surface area contributed by atoms with E-state index in [1.165, 1.54) is 17.0 Å². The summed E-state index contributed by atoms with van der Waals surface area (Å²) in [6.45, 7) is 2.22. The van der Waals surface area contributed by atoms with E-state index in [-0.39, 0.29) is 17.7 Å². The van der Waals surface area contributed by atoms with E-state index in [4.69, 9.17) is 4.74 Å². The Morgan fingerprint density at radius 1 is 1.12 bits per heavy atom. The minimum atomic E-state index is -3.89. The number of nitrogens with zero attached hydrogens (tertiary/aromatic N) is 1. The number of rotatable bonds is 3. The van der Waals surface area contributed by atoms with Crippen LogP contribution in [0.3, 0.4) is 0 Å². The Labute approximate surface area is 141 Å². The van der Waals surface area contributed by atoms with Crippen molar-refractivity contribution in [1.29, 1.82) is 0 Å². The molecule has 2 aromatic rings. The number of sulfonamides is 1. The van der Waals surface area contributed by atoms with Crippen molar-refractivity contribution in [2.24, 2.45) is 0 Å². The monoisotopic (exact) mass is 346 g/mol. The molecule has 1 saturated heterocycles. The van der Waals surface area contributed by atoms with E-state index in [0.717, 1.165) is 11.1 Å². The van der Waals surface area contributed by atoms with Crippen LogP contribution < -0.4 is 4.72 Å². The van der Waals surface area contributed by atoms with Gasteiger partial charge in [-0.1, -0.05) is 48.0 Å². The minimum Gasteiger partial charge on any atom is -0.351 e. The average Bonchev–Trinajstić information content (AvgIpc) is 3.06. The number of hydrogen-bond acceptors (Lipinski definition) is 4. The number of aryl methyl sites for hydroxylation is 1. The molecule has 2 aromatic carbocycles. The largest absolute Gasteiger partial charge is 0.351 e. The number of carbonyl (C=O) groups is 1. The summed E-state index contributed by atoms with van der Waals surface area (Å²) in [4.78, 5) is 13.6. The summed E-state index contributed by atoms with van der Waals surface area (Å²) >= 11 is 0. The van der Waals surface area contributed by atoms with Crippen LogP contribution >= 0.6 is 0 Å². The van der Waals surface area contributed by atoms with Crippen molar-refractivity contribution in [3.05, 3.63) is 65.7 Å². The quantitative estimate of drug-likeness (QED) is 0.926. The minimum absolute atomic E-state index is 0.0504. The second kappa shape index (κ2) is 6.62. The number of benzene rings is 2. The Morgan fingerprint density at radius 3 is 2.46 bits per heavy atom. The average molecular weight is 346 g/mol. The van der Waals surface area contributed by atoms with Crippen molar-refractivity contribution in [2.45, 2.75) is 17.9 Å². The topological polar surface area (TPSA) is 75.7 Å². The number of ether oxygens (including phenoxy) is 1. The second-order valence-corrected chi connectivity index (χ2v) is 7.32. The van der Waals surface area contributed by atoms with Gasteiger partial charge in [-0.05, 0) is 24.6 Å². The molecule has 0 aliphatic carbocycles. The van der Waals surface area contributed by atoms with Crippen molar-refractivity contribution in [3.8, 4) is 0 Å². The Bertz CT molecular complexity index is 819. The van der Waals surface area contributed by atoms with E-state index in [2.05, 4.69) is 4.72 Å². The van der Waals surface area contributed by atoms with Gasteiger partial charge in [0.2, 0.25) is 0 Å². The van der Waals surface area contributed by atoms with Crippen molar-refractivity contribution < 1.29 is 17.9 Å². The summed E-state index contributed by atoms with van der Waals surface area (Å²) in [7, 11) is -3.89. The first kappa shape index (κ1) is 16.5. The molecule has 7 heteroatoms. The summed E-state index contributed by atoms with van der Waals surface area (Å²) in [6, 6.07) is 15.1. The Balaban J connectivity index is 1.66. The predicted molar refractivity (Wildman–Crippen MR) is 88.7 cm³/mol. The van der Waals surface area contributed by atoms with Crippen molar-refractivity contribution >= 4 is 16.1 Å². The standard InChI is InChI=1S/C17H18N2O4S/c1-13-7-9-15(10-8-13)24(21,22)18-17(20)19-11-16(23-12-19)14-5-3-2-4-6-14/h2-10,16H,11-12H2,1H3,(H,18,20). The molecule has 3 rings (SSSR count). The van der Waals surface area contributed by atoms with Gasteiger partial charge in [0.1, 0.15) is 12.8 Å². The SMILES string of the molecule is Cc1ccc(S(=O)(=O)NC(=O)N2COC(c3ccccc3)C2)cc1. The van der Waals surface area contributed by atoms with Gasteiger partial charge in [-0.25, -0.2) is 17.9 Å². The van der Waals surface area contributed by atoms with E-state index in [9.17, 15) is 13.2 Å². The van der Waals surface area contributed by atoms with E-state index in [1.807, 2.05) is 37.3 Å². The third-order valence-electron chi connectivity index (χ3n) is 3.83. The van der Waals surface area contributed by atoms with Crippen molar-refractivity contribution in [1.82, 2.24) is 9.62 Å². The first-order valence-electron chi connectivity index (χ1n) is 7.51. The molecule has 0 radical (unpaired) electrons. The Kier molecular flexibility index (Phi) is 4.55. The van der Waals surface area contributed by atoms with Crippen LogP contribution in [-0.2, 0) is 14.8 Å². The maximum Gasteiger partial charge on any atom is 0.333 e. The van der Waals surface area contributed by atoms with Gasteiger partial charge >= 0.3 is 6.03 Å². The molecule has 24 heavy (non-hydrogen) atoms. The zero-order chi connectivity index (χ0) is 17.2. The summed E-state index contributed by atoms with van der Waals surface area (Å²) in [5, 5.41) is 0. The number of urea groups is 1. The van der Waals surface area contributed by atoms with E-state index in [1.54, 1.807) is 12.1 Å². The molecular weight excluding hydrogens is 328 g/mol. The molecule has 0 aromatic heterocycles. The molecule has 1 heterocycles. The molecule has 0 bridgehead atoms. The van der Waals surface area contributed by atoms with E-state index >= 15 is 0 Å². The second-order valence-electron chi connectivity index (χ2n) is 5.64. The van der Waals surface area contributed by atoms with Gasteiger partial charge in [-0.3, -0.25) is 4.90 Å². The fourth-order valence-electron chi connectivity index (χ4n) is 2.45. The van der Waals surface area contributed by atoms with Crippen LogP contribution in [0.4, 0.5) is 4.79 Å². The molecule has 6 nitrogen and oxygen atoms in total. The van der Waals surface area contributed by atoms with Crippen LogP contribution in [0.1, 0.15) is 17.2 Å².